The molecule has 1 N–H and O–H groups in total. The van der Waals surface area contributed by atoms with Crippen molar-refractivity contribution in [1.29, 1.82) is 0 Å². The Morgan fingerprint density at radius 2 is 1.82 bits per heavy atom. The number of rotatable bonds is 8. The van der Waals surface area contributed by atoms with Gasteiger partial charge in [0.05, 0.1) is 13.2 Å². The van der Waals surface area contributed by atoms with Crippen LogP contribution in [0.2, 0.25) is 0 Å². The van der Waals surface area contributed by atoms with E-state index in [1.165, 1.54) is 0 Å². The SMILES string of the molecule is CCOc1ccc(-c2noc(CN(C)Cc3ccc(C(=O)NC)cc3)n2)cc1. The van der Waals surface area contributed by atoms with Crippen LogP contribution in [-0.4, -0.2) is 41.6 Å². The van der Waals surface area contributed by atoms with Crippen LogP contribution >= 0.6 is 0 Å². The molecule has 1 aromatic heterocycles. The van der Waals surface area contributed by atoms with Gasteiger partial charge in [0.15, 0.2) is 0 Å². The highest BCUT2D eigenvalue weighted by Gasteiger charge is 2.12. The highest BCUT2D eigenvalue weighted by Crippen LogP contribution is 2.20. The maximum Gasteiger partial charge on any atom is 0.251 e. The smallest absolute Gasteiger partial charge is 0.251 e. The highest BCUT2D eigenvalue weighted by atomic mass is 16.5. The molecule has 0 aliphatic carbocycles. The van der Waals surface area contributed by atoms with Gasteiger partial charge in [-0.15, -0.1) is 0 Å². The number of nitrogens with zero attached hydrogens (tertiary/aromatic N) is 3. The zero-order valence-electron chi connectivity index (χ0n) is 16.3. The van der Waals surface area contributed by atoms with Crippen molar-refractivity contribution in [3.05, 3.63) is 65.5 Å². The van der Waals surface area contributed by atoms with Crippen LogP contribution in [0.3, 0.4) is 0 Å². The molecule has 1 amide bonds. The predicted octanol–water partition coefficient (Wildman–Crippen LogP) is 3.13. The maximum absolute atomic E-state index is 11.6. The van der Waals surface area contributed by atoms with Crippen LogP contribution in [-0.2, 0) is 13.1 Å². The van der Waals surface area contributed by atoms with Crippen LogP contribution < -0.4 is 10.1 Å². The first-order chi connectivity index (χ1) is 13.6. The molecule has 0 saturated heterocycles. The molecule has 2 aromatic carbocycles. The Balaban J connectivity index is 1.59. The molecule has 0 unspecified atom stereocenters. The van der Waals surface area contributed by atoms with E-state index in [2.05, 4.69) is 20.4 Å². The quantitative estimate of drug-likeness (QED) is 0.647. The Bertz CT molecular complexity index is 904. The molecule has 0 aliphatic rings. The second kappa shape index (κ2) is 9.14. The fraction of sp³-hybridized carbons (Fsp3) is 0.286. The lowest BCUT2D eigenvalue weighted by molar-refractivity contribution is 0.0963. The molecule has 7 nitrogen and oxygen atoms in total. The maximum atomic E-state index is 11.6. The van der Waals surface area contributed by atoms with Crippen LogP contribution in [0.15, 0.2) is 53.1 Å². The van der Waals surface area contributed by atoms with Gasteiger partial charge in [0.1, 0.15) is 5.75 Å². The zero-order chi connectivity index (χ0) is 19.9. The first-order valence-electron chi connectivity index (χ1n) is 9.14. The van der Waals surface area contributed by atoms with E-state index in [0.29, 0.717) is 37.0 Å². The van der Waals surface area contributed by atoms with Crippen LogP contribution in [0.25, 0.3) is 11.4 Å². The lowest BCUT2D eigenvalue weighted by atomic mass is 10.1. The lowest BCUT2D eigenvalue weighted by Gasteiger charge is -2.14. The number of carbonyl (C=O) groups excluding carboxylic acids is 1. The molecular weight excluding hydrogens is 356 g/mol. The second-order valence-electron chi connectivity index (χ2n) is 6.42. The fourth-order valence-corrected chi connectivity index (χ4v) is 2.81. The van der Waals surface area contributed by atoms with E-state index in [9.17, 15) is 4.79 Å². The summed E-state index contributed by atoms with van der Waals surface area (Å²) in [5.41, 5.74) is 2.62. The van der Waals surface area contributed by atoms with E-state index in [0.717, 1.165) is 16.9 Å². The van der Waals surface area contributed by atoms with Crippen molar-refractivity contribution < 1.29 is 14.1 Å². The molecule has 0 atom stereocenters. The summed E-state index contributed by atoms with van der Waals surface area (Å²) < 4.78 is 10.8. The number of nitrogens with one attached hydrogen (secondary N) is 1. The van der Waals surface area contributed by atoms with Crippen molar-refractivity contribution in [1.82, 2.24) is 20.4 Å². The predicted molar refractivity (Wildman–Crippen MR) is 106 cm³/mol. The molecule has 3 aromatic rings. The molecule has 1 heterocycles. The fourth-order valence-electron chi connectivity index (χ4n) is 2.81. The third-order valence-electron chi connectivity index (χ3n) is 4.19. The summed E-state index contributed by atoms with van der Waals surface area (Å²) >= 11 is 0. The van der Waals surface area contributed by atoms with Crippen molar-refractivity contribution in [3.63, 3.8) is 0 Å². The molecule has 7 heteroatoms. The molecular formula is C21H24N4O3. The van der Waals surface area contributed by atoms with Gasteiger partial charge < -0.3 is 14.6 Å². The summed E-state index contributed by atoms with van der Waals surface area (Å²) in [4.78, 5) is 18.1. The van der Waals surface area contributed by atoms with Crippen molar-refractivity contribution in [3.8, 4) is 17.1 Å². The summed E-state index contributed by atoms with van der Waals surface area (Å²) in [6, 6.07) is 15.1. The Labute approximate surface area is 164 Å². The van der Waals surface area contributed by atoms with Gasteiger partial charge in [-0.3, -0.25) is 9.69 Å². The number of aromatic nitrogens is 2. The third-order valence-corrected chi connectivity index (χ3v) is 4.19. The highest BCUT2D eigenvalue weighted by molar-refractivity contribution is 5.93. The van der Waals surface area contributed by atoms with Gasteiger partial charge in [-0.05, 0) is 55.9 Å². The standard InChI is InChI=1S/C21H24N4O3/c1-4-27-18-11-9-16(10-12-18)20-23-19(28-24-20)14-25(3)13-15-5-7-17(8-6-15)21(26)22-2/h5-12H,4,13-14H2,1-3H3,(H,22,26). The number of amides is 1. The normalized spacial score (nSPS) is 10.9. The van der Waals surface area contributed by atoms with Gasteiger partial charge in [0.2, 0.25) is 11.7 Å². The van der Waals surface area contributed by atoms with E-state index in [1.807, 2.05) is 62.5 Å². The molecule has 0 saturated carbocycles. The number of hydrogen-bond donors (Lipinski definition) is 1. The molecule has 0 spiro atoms. The summed E-state index contributed by atoms with van der Waals surface area (Å²) in [5.74, 6) is 1.83. The van der Waals surface area contributed by atoms with Crippen molar-refractivity contribution in [2.75, 3.05) is 20.7 Å². The second-order valence-corrected chi connectivity index (χ2v) is 6.42. The average Bonchev–Trinajstić information content (AvgIpc) is 3.17. The monoisotopic (exact) mass is 380 g/mol. The van der Waals surface area contributed by atoms with Gasteiger partial charge in [-0.1, -0.05) is 17.3 Å². The van der Waals surface area contributed by atoms with Crippen molar-refractivity contribution in [2.24, 2.45) is 0 Å². The number of benzene rings is 2. The Morgan fingerprint density at radius 3 is 2.46 bits per heavy atom. The lowest BCUT2D eigenvalue weighted by Crippen LogP contribution is -2.19. The van der Waals surface area contributed by atoms with Gasteiger partial charge in [0, 0.05) is 24.7 Å². The first kappa shape index (κ1) is 19.6. The summed E-state index contributed by atoms with van der Waals surface area (Å²) in [7, 11) is 3.60. The van der Waals surface area contributed by atoms with E-state index in [1.54, 1.807) is 7.05 Å². The molecule has 0 radical (unpaired) electrons. The average molecular weight is 380 g/mol. The molecule has 0 bridgehead atoms. The van der Waals surface area contributed by atoms with Crippen LogP contribution in [0.4, 0.5) is 0 Å². The van der Waals surface area contributed by atoms with Crippen molar-refractivity contribution >= 4 is 5.91 Å². The Morgan fingerprint density at radius 1 is 1.11 bits per heavy atom. The molecule has 0 aliphatic heterocycles. The molecule has 0 fully saturated rings. The van der Waals surface area contributed by atoms with Crippen LogP contribution in [0, 0.1) is 0 Å². The summed E-state index contributed by atoms with van der Waals surface area (Å²) in [6.45, 7) is 3.81. The van der Waals surface area contributed by atoms with E-state index < -0.39 is 0 Å². The first-order valence-corrected chi connectivity index (χ1v) is 9.14. The Kier molecular flexibility index (Phi) is 6.39. The summed E-state index contributed by atoms with van der Waals surface area (Å²) in [5, 5.41) is 6.68. The largest absolute Gasteiger partial charge is 0.494 e. The minimum absolute atomic E-state index is 0.0902. The van der Waals surface area contributed by atoms with Gasteiger partial charge in [0.25, 0.3) is 5.91 Å². The van der Waals surface area contributed by atoms with E-state index in [-0.39, 0.29) is 5.91 Å². The zero-order valence-corrected chi connectivity index (χ0v) is 16.3. The van der Waals surface area contributed by atoms with Gasteiger partial charge >= 0.3 is 0 Å². The van der Waals surface area contributed by atoms with E-state index in [4.69, 9.17) is 9.26 Å². The number of carbonyl (C=O) groups is 1. The molecule has 146 valence electrons. The number of hydrogen-bond acceptors (Lipinski definition) is 6. The minimum Gasteiger partial charge on any atom is -0.494 e. The molecule has 3 rings (SSSR count). The molecule has 28 heavy (non-hydrogen) atoms. The van der Waals surface area contributed by atoms with E-state index >= 15 is 0 Å². The summed E-state index contributed by atoms with van der Waals surface area (Å²) in [6.07, 6.45) is 0. The number of ether oxygens (including phenoxy) is 1. The van der Waals surface area contributed by atoms with Gasteiger partial charge in [-0.25, -0.2) is 0 Å². The minimum atomic E-state index is -0.0902. The van der Waals surface area contributed by atoms with Crippen LogP contribution in [0.5, 0.6) is 5.75 Å². The van der Waals surface area contributed by atoms with Gasteiger partial charge in [-0.2, -0.15) is 4.98 Å². The third kappa shape index (κ3) is 4.95. The topological polar surface area (TPSA) is 80.5 Å². The van der Waals surface area contributed by atoms with Crippen LogP contribution in [0.1, 0.15) is 28.7 Å². The Hall–Kier alpha value is -3.19. The van der Waals surface area contributed by atoms with Crippen molar-refractivity contribution in [2.45, 2.75) is 20.0 Å².